The quantitative estimate of drug-likeness (QED) is 0.650. The highest BCUT2D eigenvalue weighted by Crippen LogP contribution is 2.31. The molecule has 2 atom stereocenters. The van der Waals surface area contributed by atoms with E-state index in [9.17, 15) is 4.39 Å². The summed E-state index contributed by atoms with van der Waals surface area (Å²) < 4.78 is 14.1. The SMILES string of the molecule is CC1CCCCC1N(C)c1ccc(C(=N)N)cc1F. The van der Waals surface area contributed by atoms with E-state index in [1.54, 1.807) is 12.1 Å². The van der Waals surface area contributed by atoms with Gasteiger partial charge >= 0.3 is 0 Å². The van der Waals surface area contributed by atoms with Gasteiger partial charge in [-0.15, -0.1) is 0 Å². The Balaban J connectivity index is 2.23. The van der Waals surface area contributed by atoms with Crippen molar-refractivity contribution in [2.24, 2.45) is 11.7 Å². The average Bonchev–Trinajstić information content (AvgIpc) is 2.38. The molecule has 0 saturated heterocycles. The van der Waals surface area contributed by atoms with E-state index in [1.165, 1.54) is 25.3 Å². The molecule has 1 saturated carbocycles. The van der Waals surface area contributed by atoms with Gasteiger partial charge in [0.2, 0.25) is 0 Å². The zero-order valence-corrected chi connectivity index (χ0v) is 11.6. The first-order valence-electron chi connectivity index (χ1n) is 6.87. The monoisotopic (exact) mass is 263 g/mol. The number of hydrogen-bond donors (Lipinski definition) is 2. The zero-order chi connectivity index (χ0) is 14.0. The fourth-order valence-electron chi connectivity index (χ4n) is 3.01. The van der Waals surface area contributed by atoms with Crippen molar-refractivity contribution >= 4 is 11.5 Å². The molecule has 0 heterocycles. The molecular formula is C15H22FN3. The molecule has 0 amide bonds. The average molecular weight is 263 g/mol. The van der Waals surface area contributed by atoms with Crippen molar-refractivity contribution in [3.05, 3.63) is 29.6 Å². The number of anilines is 1. The van der Waals surface area contributed by atoms with E-state index in [0.717, 1.165) is 6.42 Å². The van der Waals surface area contributed by atoms with Gasteiger partial charge in [0.1, 0.15) is 11.7 Å². The Hall–Kier alpha value is -1.58. The Kier molecular flexibility index (Phi) is 4.08. The molecule has 1 aliphatic carbocycles. The third kappa shape index (κ3) is 2.88. The van der Waals surface area contributed by atoms with Crippen molar-refractivity contribution in [2.75, 3.05) is 11.9 Å². The van der Waals surface area contributed by atoms with Gasteiger partial charge in [-0.3, -0.25) is 5.41 Å². The normalized spacial score (nSPS) is 23.1. The molecule has 2 unspecified atom stereocenters. The van der Waals surface area contributed by atoms with Crippen LogP contribution in [0.5, 0.6) is 0 Å². The van der Waals surface area contributed by atoms with E-state index in [2.05, 4.69) is 6.92 Å². The van der Waals surface area contributed by atoms with E-state index >= 15 is 0 Å². The first-order valence-corrected chi connectivity index (χ1v) is 6.87. The summed E-state index contributed by atoms with van der Waals surface area (Å²) in [7, 11) is 1.96. The molecule has 2 rings (SSSR count). The summed E-state index contributed by atoms with van der Waals surface area (Å²) in [6.45, 7) is 2.24. The van der Waals surface area contributed by atoms with Crippen molar-refractivity contribution in [1.82, 2.24) is 0 Å². The van der Waals surface area contributed by atoms with Crippen molar-refractivity contribution in [3.8, 4) is 0 Å². The molecular weight excluding hydrogens is 241 g/mol. The smallest absolute Gasteiger partial charge is 0.147 e. The lowest BCUT2D eigenvalue weighted by atomic mass is 9.85. The number of nitrogens with zero attached hydrogens (tertiary/aromatic N) is 1. The van der Waals surface area contributed by atoms with Crippen LogP contribution in [0.4, 0.5) is 10.1 Å². The Bertz CT molecular complexity index is 472. The minimum Gasteiger partial charge on any atom is -0.384 e. The molecule has 1 aromatic rings. The summed E-state index contributed by atoms with van der Waals surface area (Å²) in [6, 6.07) is 5.19. The van der Waals surface area contributed by atoms with Crippen molar-refractivity contribution in [2.45, 2.75) is 38.6 Å². The fourth-order valence-corrected chi connectivity index (χ4v) is 3.01. The number of hydrogen-bond acceptors (Lipinski definition) is 2. The van der Waals surface area contributed by atoms with Gasteiger partial charge in [-0.1, -0.05) is 19.8 Å². The van der Waals surface area contributed by atoms with Crippen LogP contribution in [0.3, 0.4) is 0 Å². The maximum atomic E-state index is 14.1. The lowest BCUT2D eigenvalue weighted by molar-refractivity contribution is 0.320. The second-order valence-electron chi connectivity index (χ2n) is 5.52. The first kappa shape index (κ1) is 13.8. The minimum absolute atomic E-state index is 0.0980. The third-order valence-corrected chi connectivity index (χ3v) is 4.20. The van der Waals surface area contributed by atoms with E-state index < -0.39 is 0 Å². The van der Waals surface area contributed by atoms with Crippen LogP contribution in [-0.4, -0.2) is 18.9 Å². The van der Waals surface area contributed by atoms with Crippen LogP contribution in [0.1, 0.15) is 38.2 Å². The van der Waals surface area contributed by atoms with Gasteiger partial charge < -0.3 is 10.6 Å². The molecule has 1 fully saturated rings. The van der Waals surface area contributed by atoms with Crippen LogP contribution in [0.15, 0.2) is 18.2 Å². The van der Waals surface area contributed by atoms with Crippen LogP contribution >= 0.6 is 0 Å². The molecule has 1 aromatic carbocycles. The van der Waals surface area contributed by atoms with Crippen LogP contribution < -0.4 is 10.6 Å². The fraction of sp³-hybridized carbons (Fsp3) is 0.533. The number of nitrogen functional groups attached to an aromatic ring is 1. The highest BCUT2D eigenvalue weighted by Gasteiger charge is 2.26. The van der Waals surface area contributed by atoms with E-state index in [0.29, 0.717) is 23.2 Å². The molecule has 1 aliphatic rings. The maximum Gasteiger partial charge on any atom is 0.147 e. The maximum absolute atomic E-state index is 14.1. The van der Waals surface area contributed by atoms with Gasteiger partial charge in [-0.05, 0) is 37.0 Å². The van der Waals surface area contributed by atoms with Gasteiger partial charge in [0, 0.05) is 18.7 Å². The number of benzene rings is 1. The van der Waals surface area contributed by atoms with Crippen LogP contribution in [-0.2, 0) is 0 Å². The number of nitrogens with one attached hydrogen (secondary N) is 1. The summed E-state index contributed by atoms with van der Waals surface area (Å²) in [4.78, 5) is 2.04. The topological polar surface area (TPSA) is 53.1 Å². The third-order valence-electron chi connectivity index (χ3n) is 4.20. The van der Waals surface area contributed by atoms with Gasteiger partial charge in [-0.2, -0.15) is 0 Å². The molecule has 0 radical (unpaired) electrons. The molecule has 4 heteroatoms. The Labute approximate surface area is 114 Å². The predicted molar refractivity (Wildman–Crippen MR) is 77.2 cm³/mol. The second kappa shape index (κ2) is 5.59. The van der Waals surface area contributed by atoms with Crippen LogP contribution in [0.25, 0.3) is 0 Å². The standard InChI is InChI=1S/C15H22FN3/c1-10-5-3-4-6-13(10)19(2)14-8-7-11(15(17)18)9-12(14)16/h7-10,13H,3-6H2,1-2H3,(H3,17,18). The molecule has 0 bridgehead atoms. The number of amidine groups is 1. The first-order chi connectivity index (χ1) is 9.00. The lowest BCUT2D eigenvalue weighted by Gasteiger charge is -2.37. The molecule has 0 aliphatic heterocycles. The molecule has 0 aromatic heterocycles. The predicted octanol–water partition coefficient (Wildman–Crippen LogP) is 3.12. The molecule has 3 N–H and O–H groups in total. The van der Waals surface area contributed by atoms with Gasteiger partial charge in [0.05, 0.1) is 5.69 Å². The highest BCUT2D eigenvalue weighted by atomic mass is 19.1. The summed E-state index contributed by atoms with van der Waals surface area (Å²) in [5.74, 6) is 0.192. The van der Waals surface area contributed by atoms with Crippen molar-refractivity contribution in [3.63, 3.8) is 0 Å². The van der Waals surface area contributed by atoms with Crippen molar-refractivity contribution < 1.29 is 4.39 Å². The molecule has 104 valence electrons. The van der Waals surface area contributed by atoms with E-state index in [1.807, 2.05) is 11.9 Å². The molecule has 0 spiro atoms. The lowest BCUT2D eigenvalue weighted by Crippen LogP contribution is -2.39. The Morgan fingerprint density at radius 2 is 2.05 bits per heavy atom. The summed E-state index contributed by atoms with van der Waals surface area (Å²) >= 11 is 0. The summed E-state index contributed by atoms with van der Waals surface area (Å²) in [5.41, 5.74) is 6.41. The van der Waals surface area contributed by atoms with Crippen LogP contribution in [0, 0.1) is 17.1 Å². The Morgan fingerprint density at radius 1 is 1.37 bits per heavy atom. The summed E-state index contributed by atoms with van der Waals surface area (Å²) in [6.07, 6.45) is 4.82. The van der Waals surface area contributed by atoms with Crippen LogP contribution in [0.2, 0.25) is 0 Å². The number of nitrogens with two attached hydrogens (primary N) is 1. The number of halogens is 1. The summed E-state index contributed by atoms with van der Waals surface area (Å²) in [5, 5.41) is 7.34. The van der Waals surface area contributed by atoms with E-state index in [-0.39, 0.29) is 11.7 Å². The van der Waals surface area contributed by atoms with Crippen molar-refractivity contribution in [1.29, 1.82) is 5.41 Å². The Morgan fingerprint density at radius 3 is 2.63 bits per heavy atom. The minimum atomic E-state index is -0.298. The molecule has 3 nitrogen and oxygen atoms in total. The van der Waals surface area contributed by atoms with Gasteiger partial charge in [0.25, 0.3) is 0 Å². The van der Waals surface area contributed by atoms with Gasteiger partial charge in [-0.25, -0.2) is 4.39 Å². The zero-order valence-electron chi connectivity index (χ0n) is 11.6. The number of rotatable bonds is 3. The highest BCUT2D eigenvalue weighted by molar-refractivity contribution is 5.95. The largest absolute Gasteiger partial charge is 0.384 e. The van der Waals surface area contributed by atoms with E-state index in [4.69, 9.17) is 11.1 Å². The second-order valence-corrected chi connectivity index (χ2v) is 5.52. The van der Waals surface area contributed by atoms with Gasteiger partial charge in [0.15, 0.2) is 0 Å². The molecule has 19 heavy (non-hydrogen) atoms.